The van der Waals surface area contributed by atoms with E-state index in [4.69, 9.17) is 15.3 Å². The van der Waals surface area contributed by atoms with Gasteiger partial charge in [-0.05, 0) is 30.3 Å². The van der Waals surface area contributed by atoms with Crippen molar-refractivity contribution in [1.29, 1.82) is 10.5 Å². The second-order valence-corrected chi connectivity index (χ2v) is 4.47. The zero-order valence-corrected chi connectivity index (χ0v) is 11.9. The third-order valence-corrected chi connectivity index (χ3v) is 2.88. The van der Waals surface area contributed by atoms with E-state index in [2.05, 4.69) is 5.32 Å². The first-order valence-corrected chi connectivity index (χ1v) is 6.60. The molecule has 1 amide bonds. The Hall–Kier alpha value is -3.64. The summed E-state index contributed by atoms with van der Waals surface area (Å²) in [6.45, 7) is -0.491. The summed E-state index contributed by atoms with van der Waals surface area (Å²) in [4.78, 5) is 23.6. The molecule has 0 aliphatic carbocycles. The monoisotopic (exact) mass is 305 g/mol. The number of hydrogen-bond acceptors (Lipinski definition) is 5. The molecule has 2 rings (SSSR count). The Kier molecular flexibility index (Phi) is 5.06. The van der Waals surface area contributed by atoms with E-state index in [-0.39, 0.29) is 5.56 Å². The van der Waals surface area contributed by atoms with E-state index in [0.717, 1.165) is 0 Å². The molecule has 0 aromatic heterocycles. The van der Waals surface area contributed by atoms with Crippen LogP contribution in [0.15, 0.2) is 48.5 Å². The lowest BCUT2D eigenvalue weighted by atomic mass is 10.1. The highest BCUT2D eigenvalue weighted by molar-refractivity contribution is 5.96. The number of nitrogens with zero attached hydrogens (tertiary/aromatic N) is 2. The number of rotatable bonds is 4. The number of ether oxygens (including phenoxy) is 1. The standard InChI is InChI=1S/C17H11N3O3/c18-9-12-4-3-6-13(8-12)17(22)23-11-16(21)20-15-7-2-1-5-14(15)10-19/h1-8H,11H2,(H,20,21). The third kappa shape index (κ3) is 4.16. The molecule has 0 saturated heterocycles. The molecule has 6 heteroatoms. The van der Waals surface area contributed by atoms with Crippen molar-refractivity contribution in [2.24, 2.45) is 0 Å². The number of para-hydroxylation sites is 1. The number of amides is 1. The Morgan fingerprint density at radius 1 is 1.04 bits per heavy atom. The second-order valence-electron chi connectivity index (χ2n) is 4.47. The zero-order chi connectivity index (χ0) is 16.7. The van der Waals surface area contributed by atoms with Gasteiger partial charge in [0.25, 0.3) is 5.91 Å². The maximum absolute atomic E-state index is 11.8. The van der Waals surface area contributed by atoms with Gasteiger partial charge in [-0.3, -0.25) is 4.79 Å². The van der Waals surface area contributed by atoms with Gasteiger partial charge in [-0.1, -0.05) is 18.2 Å². The maximum atomic E-state index is 11.8. The molecule has 2 aromatic carbocycles. The van der Waals surface area contributed by atoms with Crippen molar-refractivity contribution in [3.05, 3.63) is 65.2 Å². The highest BCUT2D eigenvalue weighted by Gasteiger charge is 2.12. The first kappa shape index (κ1) is 15.7. The predicted molar refractivity (Wildman–Crippen MR) is 81.2 cm³/mol. The summed E-state index contributed by atoms with van der Waals surface area (Å²) in [5.74, 6) is -1.26. The summed E-state index contributed by atoms with van der Waals surface area (Å²) < 4.78 is 4.89. The van der Waals surface area contributed by atoms with Gasteiger partial charge in [-0.25, -0.2) is 4.79 Å². The van der Waals surface area contributed by atoms with E-state index in [1.165, 1.54) is 12.1 Å². The number of nitriles is 2. The van der Waals surface area contributed by atoms with Gasteiger partial charge in [0, 0.05) is 0 Å². The van der Waals surface area contributed by atoms with Gasteiger partial charge in [-0.2, -0.15) is 10.5 Å². The van der Waals surface area contributed by atoms with E-state index < -0.39 is 18.5 Å². The van der Waals surface area contributed by atoms with E-state index in [0.29, 0.717) is 16.8 Å². The van der Waals surface area contributed by atoms with Crippen molar-refractivity contribution < 1.29 is 14.3 Å². The Morgan fingerprint density at radius 2 is 1.83 bits per heavy atom. The van der Waals surface area contributed by atoms with Gasteiger partial charge in [-0.15, -0.1) is 0 Å². The lowest BCUT2D eigenvalue weighted by Gasteiger charge is -2.07. The number of esters is 1. The van der Waals surface area contributed by atoms with Gasteiger partial charge in [0.05, 0.1) is 28.4 Å². The number of hydrogen-bond donors (Lipinski definition) is 1. The van der Waals surface area contributed by atoms with Crippen molar-refractivity contribution in [3.8, 4) is 12.1 Å². The van der Waals surface area contributed by atoms with Crippen molar-refractivity contribution in [2.75, 3.05) is 11.9 Å². The van der Waals surface area contributed by atoms with Gasteiger partial charge >= 0.3 is 5.97 Å². The molecule has 0 heterocycles. The summed E-state index contributed by atoms with van der Waals surface area (Å²) in [5.41, 5.74) is 1.18. The second kappa shape index (κ2) is 7.39. The van der Waals surface area contributed by atoms with E-state index in [1.807, 2.05) is 12.1 Å². The summed E-state index contributed by atoms with van der Waals surface area (Å²) in [7, 11) is 0. The van der Waals surface area contributed by atoms with Crippen LogP contribution in [0.4, 0.5) is 5.69 Å². The third-order valence-electron chi connectivity index (χ3n) is 2.88. The SMILES string of the molecule is N#Cc1cccc(C(=O)OCC(=O)Nc2ccccc2C#N)c1. The molecular weight excluding hydrogens is 294 g/mol. The van der Waals surface area contributed by atoms with E-state index in [1.54, 1.807) is 36.4 Å². The van der Waals surface area contributed by atoms with Crippen LogP contribution in [0, 0.1) is 22.7 Å². The average molecular weight is 305 g/mol. The van der Waals surface area contributed by atoms with Crippen LogP contribution in [-0.2, 0) is 9.53 Å². The molecule has 0 aliphatic heterocycles. The molecule has 23 heavy (non-hydrogen) atoms. The lowest BCUT2D eigenvalue weighted by molar-refractivity contribution is -0.119. The zero-order valence-electron chi connectivity index (χ0n) is 11.9. The van der Waals surface area contributed by atoms with E-state index in [9.17, 15) is 9.59 Å². The van der Waals surface area contributed by atoms with Gasteiger partial charge in [0.1, 0.15) is 6.07 Å². The Morgan fingerprint density at radius 3 is 2.57 bits per heavy atom. The molecule has 0 fully saturated rings. The Balaban J connectivity index is 1.95. The fourth-order valence-corrected chi connectivity index (χ4v) is 1.81. The molecule has 0 atom stereocenters. The van der Waals surface area contributed by atoms with Crippen LogP contribution in [0.3, 0.4) is 0 Å². The van der Waals surface area contributed by atoms with Crippen molar-refractivity contribution in [3.63, 3.8) is 0 Å². The smallest absolute Gasteiger partial charge is 0.338 e. The van der Waals surface area contributed by atoms with Crippen LogP contribution in [0.1, 0.15) is 21.5 Å². The average Bonchev–Trinajstić information content (AvgIpc) is 2.60. The largest absolute Gasteiger partial charge is 0.452 e. The minimum atomic E-state index is -0.703. The van der Waals surface area contributed by atoms with Crippen LogP contribution in [0.2, 0.25) is 0 Å². The molecular formula is C17H11N3O3. The number of carbonyl (C=O) groups is 2. The van der Waals surface area contributed by atoms with Crippen LogP contribution in [-0.4, -0.2) is 18.5 Å². The quantitative estimate of drug-likeness (QED) is 0.872. The van der Waals surface area contributed by atoms with Crippen molar-refractivity contribution in [1.82, 2.24) is 0 Å². The summed E-state index contributed by atoms with van der Waals surface area (Å²) in [5, 5.41) is 20.2. The van der Waals surface area contributed by atoms with Crippen LogP contribution in [0.25, 0.3) is 0 Å². The number of anilines is 1. The number of carbonyl (C=O) groups excluding carboxylic acids is 2. The fourth-order valence-electron chi connectivity index (χ4n) is 1.81. The molecule has 0 aliphatic rings. The highest BCUT2D eigenvalue weighted by Crippen LogP contribution is 2.13. The summed E-state index contributed by atoms with van der Waals surface area (Å²) in [6, 6.07) is 16.3. The maximum Gasteiger partial charge on any atom is 0.338 e. The normalized spacial score (nSPS) is 9.30. The van der Waals surface area contributed by atoms with Crippen LogP contribution >= 0.6 is 0 Å². The molecule has 0 spiro atoms. The Labute approximate surface area is 132 Å². The number of nitrogens with one attached hydrogen (secondary N) is 1. The van der Waals surface area contributed by atoms with Crippen molar-refractivity contribution >= 4 is 17.6 Å². The van der Waals surface area contributed by atoms with Gasteiger partial charge in [0.2, 0.25) is 0 Å². The Bertz CT molecular complexity index is 831. The lowest BCUT2D eigenvalue weighted by Crippen LogP contribution is -2.21. The highest BCUT2D eigenvalue weighted by atomic mass is 16.5. The van der Waals surface area contributed by atoms with Gasteiger partial charge in [0.15, 0.2) is 6.61 Å². The topological polar surface area (TPSA) is 103 Å². The molecule has 0 bridgehead atoms. The predicted octanol–water partition coefficient (Wildman–Crippen LogP) is 2.23. The van der Waals surface area contributed by atoms with Crippen LogP contribution in [0.5, 0.6) is 0 Å². The first-order chi connectivity index (χ1) is 11.1. The molecule has 0 unspecified atom stereocenters. The minimum Gasteiger partial charge on any atom is -0.452 e. The van der Waals surface area contributed by atoms with Crippen molar-refractivity contribution in [2.45, 2.75) is 0 Å². The fraction of sp³-hybridized carbons (Fsp3) is 0.0588. The summed E-state index contributed by atoms with van der Waals surface area (Å²) >= 11 is 0. The minimum absolute atomic E-state index is 0.189. The molecule has 2 aromatic rings. The van der Waals surface area contributed by atoms with E-state index >= 15 is 0 Å². The summed E-state index contributed by atoms with van der Waals surface area (Å²) in [6.07, 6.45) is 0. The molecule has 6 nitrogen and oxygen atoms in total. The molecule has 112 valence electrons. The van der Waals surface area contributed by atoms with Gasteiger partial charge < -0.3 is 10.1 Å². The first-order valence-electron chi connectivity index (χ1n) is 6.60. The molecule has 0 radical (unpaired) electrons. The molecule has 0 saturated carbocycles. The molecule has 1 N–H and O–H groups in total. The van der Waals surface area contributed by atoms with Crippen LogP contribution < -0.4 is 5.32 Å². The number of benzene rings is 2.